The predicted molar refractivity (Wildman–Crippen MR) is 75.8 cm³/mol. The summed E-state index contributed by atoms with van der Waals surface area (Å²) in [4.78, 5) is 8.02. The number of aliphatic imine (C=N–C) groups is 2. The minimum absolute atomic E-state index is 0.209. The molecule has 0 unspecified atom stereocenters. The second-order valence-corrected chi connectivity index (χ2v) is 3.65. The molecule has 0 aliphatic heterocycles. The average Bonchev–Trinajstić information content (AvgIpc) is 2.45. The van der Waals surface area contributed by atoms with Gasteiger partial charge in [0, 0.05) is 11.8 Å². The molecule has 0 amide bonds. The van der Waals surface area contributed by atoms with E-state index in [1.807, 2.05) is 60.7 Å². The number of nitrogens with one attached hydrogen (secondary N) is 1. The van der Waals surface area contributed by atoms with Gasteiger partial charge in [-0.05, 0) is 5.56 Å². The van der Waals surface area contributed by atoms with Gasteiger partial charge in [0.25, 0.3) is 0 Å². The summed E-state index contributed by atoms with van der Waals surface area (Å²) in [5.74, 6) is 0.209. The normalized spacial score (nSPS) is 11.1. The Labute approximate surface area is 106 Å². The van der Waals surface area contributed by atoms with Crippen LogP contribution in [0.15, 0.2) is 70.6 Å². The maximum atomic E-state index is 7.74. The van der Waals surface area contributed by atoms with Crippen molar-refractivity contribution < 1.29 is 0 Å². The molecule has 0 radical (unpaired) electrons. The summed E-state index contributed by atoms with van der Waals surface area (Å²) in [7, 11) is 0. The van der Waals surface area contributed by atoms with Gasteiger partial charge in [0.2, 0.25) is 0 Å². The minimum atomic E-state index is 0.209. The fraction of sp³-hybridized carbons (Fsp3) is 0. The van der Waals surface area contributed by atoms with Gasteiger partial charge in [-0.3, -0.25) is 5.41 Å². The highest BCUT2D eigenvalue weighted by molar-refractivity contribution is 6.01. The molecule has 0 spiro atoms. The van der Waals surface area contributed by atoms with Crippen molar-refractivity contribution in [2.24, 2.45) is 9.98 Å². The van der Waals surface area contributed by atoms with E-state index in [0.29, 0.717) is 0 Å². The maximum absolute atomic E-state index is 7.74. The van der Waals surface area contributed by atoms with E-state index in [4.69, 9.17) is 5.41 Å². The van der Waals surface area contributed by atoms with Crippen molar-refractivity contribution in [1.82, 2.24) is 0 Å². The van der Waals surface area contributed by atoms with Crippen LogP contribution in [0.5, 0.6) is 0 Å². The molecule has 0 saturated heterocycles. The van der Waals surface area contributed by atoms with Gasteiger partial charge in [0.1, 0.15) is 6.34 Å². The molecule has 0 heterocycles. The standard InChI is InChI=1S/C15H13N3/c16-15(14-9-5-2-6-10-14)18-12-17-11-13-7-3-1-4-8-13/h1-12,16H. The molecular weight excluding hydrogens is 222 g/mol. The Morgan fingerprint density at radius 1 is 0.889 bits per heavy atom. The van der Waals surface area contributed by atoms with Crippen LogP contribution < -0.4 is 0 Å². The molecule has 0 fully saturated rings. The summed E-state index contributed by atoms with van der Waals surface area (Å²) in [5, 5.41) is 7.74. The van der Waals surface area contributed by atoms with Crippen LogP contribution in [0.4, 0.5) is 0 Å². The summed E-state index contributed by atoms with van der Waals surface area (Å²) in [6.45, 7) is 0. The van der Waals surface area contributed by atoms with Gasteiger partial charge in [0.15, 0.2) is 5.84 Å². The van der Waals surface area contributed by atoms with E-state index in [1.165, 1.54) is 6.34 Å². The average molecular weight is 235 g/mol. The van der Waals surface area contributed by atoms with Crippen molar-refractivity contribution >= 4 is 18.4 Å². The molecule has 18 heavy (non-hydrogen) atoms. The van der Waals surface area contributed by atoms with Crippen molar-refractivity contribution in [2.45, 2.75) is 0 Å². The molecular formula is C15H13N3. The first-order valence-electron chi connectivity index (χ1n) is 5.61. The third-order valence-corrected chi connectivity index (χ3v) is 2.32. The summed E-state index contributed by atoms with van der Waals surface area (Å²) in [6.07, 6.45) is 3.10. The summed E-state index contributed by atoms with van der Waals surface area (Å²) in [5.41, 5.74) is 1.79. The van der Waals surface area contributed by atoms with Crippen molar-refractivity contribution in [3.8, 4) is 0 Å². The van der Waals surface area contributed by atoms with Gasteiger partial charge in [-0.15, -0.1) is 0 Å². The van der Waals surface area contributed by atoms with Crippen LogP contribution in [-0.2, 0) is 0 Å². The van der Waals surface area contributed by atoms with Crippen LogP contribution in [0.2, 0.25) is 0 Å². The smallest absolute Gasteiger partial charge is 0.153 e. The van der Waals surface area contributed by atoms with Gasteiger partial charge in [-0.1, -0.05) is 60.7 Å². The molecule has 0 aliphatic rings. The van der Waals surface area contributed by atoms with Gasteiger partial charge < -0.3 is 0 Å². The highest BCUT2D eigenvalue weighted by Gasteiger charge is 1.94. The fourth-order valence-electron chi connectivity index (χ4n) is 1.42. The van der Waals surface area contributed by atoms with E-state index in [2.05, 4.69) is 9.98 Å². The number of hydrogen-bond donors (Lipinski definition) is 1. The van der Waals surface area contributed by atoms with Gasteiger partial charge in [0.05, 0.1) is 0 Å². The third-order valence-electron chi connectivity index (χ3n) is 2.32. The lowest BCUT2D eigenvalue weighted by Crippen LogP contribution is -1.94. The van der Waals surface area contributed by atoms with E-state index >= 15 is 0 Å². The van der Waals surface area contributed by atoms with Crippen LogP contribution in [0.1, 0.15) is 11.1 Å². The molecule has 3 nitrogen and oxygen atoms in total. The molecule has 88 valence electrons. The van der Waals surface area contributed by atoms with E-state index in [1.54, 1.807) is 6.21 Å². The molecule has 0 saturated carbocycles. The van der Waals surface area contributed by atoms with Gasteiger partial charge in [-0.2, -0.15) is 0 Å². The number of rotatable bonds is 3. The lowest BCUT2D eigenvalue weighted by atomic mass is 10.2. The molecule has 0 aromatic heterocycles. The van der Waals surface area contributed by atoms with Gasteiger partial charge in [-0.25, -0.2) is 9.98 Å². The molecule has 0 atom stereocenters. The third kappa shape index (κ3) is 3.49. The topological polar surface area (TPSA) is 48.6 Å². The summed E-state index contributed by atoms with van der Waals surface area (Å²) < 4.78 is 0. The second-order valence-electron chi connectivity index (χ2n) is 3.65. The molecule has 2 aromatic carbocycles. The molecule has 0 aliphatic carbocycles. The van der Waals surface area contributed by atoms with Crippen molar-refractivity contribution in [2.75, 3.05) is 0 Å². The van der Waals surface area contributed by atoms with Crippen molar-refractivity contribution in [1.29, 1.82) is 5.41 Å². The molecule has 1 N–H and O–H groups in total. The molecule has 3 heteroatoms. The zero-order chi connectivity index (χ0) is 12.6. The van der Waals surface area contributed by atoms with Gasteiger partial charge >= 0.3 is 0 Å². The number of nitrogens with zero attached hydrogens (tertiary/aromatic N) is 2. The van der Waals surface area contributed by atoms with E-state index in [-0.39, 0.29) is 5.84 Å². The predicted octanol–water partition coefficient (Wildman–Crippen LogP) is 3.16. The number of benzene rings is 2. The van der Waals surface area contributed by atoms with Crippen molar-refractivity contribution in [3.05, 3.63) is 71.8 Å². The van der Waals surface area contributed by atoms with Crippen LogP contribution in [0, 0.1) is 5.41 Å². The Hall–Kier alpha value is -2.55. The Balaban J connectivity index is 1.96. The Kier molecular flexibility index (Phi) is 4.14. The maximum Gasteiger partial charge on any atom is 0.153 e. The fourth-order valence-corrected chi connectivity index (χ4v) is 1.42. The zero-order valence-corrected chi connectivity index (χ0v) is 9.82. The van der Waals surface area contributed by atoms with E-state index in [0.717, 1.165) is 11.1 Å². The number of hydrogen-bond acceptors (Lipinski definition) is 1. The summed E-state index contributed by atoms with van der Waals surface area (Å²) >= 11 is 0. The highest BCUT2D eigenvalue weighted by Crippen LogP contribution is 2.00. The first-order chi connectivity index (χ1) is 8.86. The quantitative estimate of drug-likeness (QED) is 0.627. The first kappa shape index (κ1) is 11.9. The van der Waals surface area contributed by atoms with Crippen molar-refractivity contribution in [3.63, 3.8) is 0 Å². The molecule has 0 bridgehead atoms. The van der Waals surface area contributed by atoms with E-state index < -0.39 is 0 Å². The highest BCUT2D eigenvalue weighted by atomic mass is 14.9. The second kappa shape index (κ2) is 6.25. The molecule has 2 aromatic rings. The molecule has 2 rings (SSSR count). The van der Waals surface area contributed by atoms with Crippen LogP contribution in [0.3, 0.4) is 0 Å². The lowest BCUT2D eigenvalue weighted by molar-refractivity contribution is 1.42. The van der Waals surface area contributed by atoms with Crippen LogP contribution in [0.25, 0.3) is 0 Å². The Morgan fingerprint density at radius 2 is 1.50 bits per heavy atom. The SMILES string of the molecule is N=C(N=CN=Cc1ccccc1)c1ccccc1. The Morgan fingerprint density at radius 3 is 2.17 bits per heavy atom. The lowest BCUT2D eigenvalue weighted by Gasteiger charge is -1.95. The zero-order valence-electron chi connectivity index (χ0n) is 9.82. The van der Waals surface area contributed by atoms with Crippen LogP contribution in [-0.4, -0.2) is 18.4 Å². The van der Waals surface area contributed by atoms with E-state index in [9.17, 15) is 0 Å². The number of amidine groups is 1. The summed E-state index contributed by atoms with van der Waals surface area (Å²) in [6, 6.07) is 19.1. The monoisotopic (exact) mass is 235 g/mol. The largest absolute Gasteiger partial charge is 0.282 e. The Bertz CT molecular complexity index is 557. The minimum Gasteiger partial charge on any atom is -0.282 e. The first-order valence-corrected chi connectivity index (χ1v) is 5.61. The van der Waals surface area contributed by atoms with Crippen LogP contribution >= 0.6 is 0 Å².